The summed E-state index contributed by atoms with van der Waals surface area (Å²) in [4.78, 5) is 25.8. The van der Waals surface area contributed by atoms with E-state index in [1.54, 1.807) is 26.0 Å². The standard InChI is InChI=1S/C21H20ClNO4S2/c1-4-26-14-7-5-13(6-8-14)15-11-28-20(18(15)21(25)27-12(2)3)23-19(24)16-9-10-17(22)29-16/h5-12H,4H2,1-3H3,(H,23,24). The highest BCUT2D eigenvalue weighted by Gasteiger charge is 2.24. The Labute approximate surface area is 182 Å². The van der Waals surface area contributed by atoms with Gasteiger partial charge in [0.15, 0.2) is 0 Å². The molecule has 3 aromatic rings. The van der Waals surface area contributed by atoms with Gasteiger partial charge in [-0.25, -0.2) is 4.79 Å². The Morgan fingerprint density at radius 1 is 1.14 bits per heavy atom. The van der Waals surface area contributed by atoms with Crippen LogP contribution in [0.15, 0.2) is 41.8 Å². The van der Waals surface area contributed by atoms with Gasteiger partial charge in [0, 0.05) is 10.9 Å². The molecular formula is C21H20ClNO4S2. The van der Waals surface area contributed by atoms with Gasteiger partial charge in [-0.05, 0) is 50.6 Å². The molecule has 0 bridgehead atoms. The molecule has 1 aromatic carbocycles. The van der Waals surface area contributed by atoms with Gasteiger partial charge >= 0.3 is 5.97 Å². The molecule has 0 saturated heterocycles. The van der Waals surface area contributed by atoms with Crippen molar-refractivity contribution in [3.63, 3.8) is 0 Å². The molecule has 1 N–H and O–H groups in total. The molecule has 1 amide bonds. The van der Waals surface area contributed by atoms with Crippen LogP contribution >= 0.6 is 34.3 Å². The molecule has 0 unspecified atom stereocenters. The average molecular weight is 450 g/mol. The number of ether oxygens (including phenoxy) is 2. The first kappa shape index (κ1) is 21.4. The summed E-state index contributed by atoms with van der Waals surface area (Å²) in [6.07, 6.45) is -0.282. The van der Waals surface area contributed by atoms with E-state index in [0.717, 1.165) is 11.3 Å². The Balaban J connectivity index is 1.96. The molecular weight excluding hydrogens is 430 g/mol. The number of carbonyl (C=O) groups excluding carboxylic acids is 2. The number of carbonyl (C=O) groups is 2. The van der Waals surface area contributed by atoms with Gasteiger partial charge in [-0.1, -0.05) is 23.7 Å². The normalized spacial score (nSPS) is 10.8. The first-order chi connectivity index (χ1) is 13.9. The molecule has 8 heteroatoms. The predicted octanol–water partition coefficient (Wildman–Crippen LogP) is 6.35. The van der Waals surface area contributed by atoms with Gasteiger partial charge in [0.05, 0.1) is 21.9 Å². The number of benzene rings is 1. The number of amides is 1. The van der Waals surface area contributed by atoms with Crippen LogP contribution in [0.3, 0.4) is 0 Å². The molecule has 0 fully saturated rings. The van der Waals surface area contributed by atoms with Crippen molar-refractivity contribution in [1.82, 2.24) is 0 Å². The smallest absolute Gasteiger partial charge is 0.342 e. The number of thiophene rings is 2. The van der Waals surface area contributed by atoms with Crippen molar-refractivity contribution in [2.24, 2.45) is 0 Å². The Kier molecular flexibility index (Phi) is 6.95. The average Bonchev–Trinajstić information content (AvgIpc) is 3.28. The van der Waals surface area contributed by atoms with Crippen LogP contribution in [0, 0.1) is 0 Å². The van der Waals surface area contributed by atoms with Crippen molar-refractivity contribution in [1.29, 1.82) is 0 Å². The lowest BCUT2D eigenvalue weighted by molar-refractivity contribution is 0.0380. The lowest BCUT2D eigenvalue weighted by atomic mass is 10.0. The van der Waals surface area contributed by atoms with Crippen molar-refractivity contribution >= 4 is 51.2 Å². The van der Waals surface area contributed by atoms with E-state index in [-0.39, 0.29) is 12.0 Å². The second kappa shape index (κ2) is 9.43. The fourth-order valence-corrected chi connectivity index (χ4v) is 4.53. The molecule has 5 nitrogen and oxygen atoms in total. The van der Waals surface area contributed by atoms with E-state index in [1.807, 2.05) is 36.6 Å². The molecule has 0 radical (unpaired) electrons. The maximum absolute atomic E-state index is 12.8. The summed E-state index contributed by atoms with van der Waals surface area (Å²) in [6.45, 7) is 6.06. The summed E-state index contributed by atoms with van der Waals surface area (Å²) in [5.41, 5.74) is 1.87. The van der Waals surface area contributed by atoms with E-state index in [9.17, 15) is 9.59 Å². The van der Waals surface area contributed by atoms with Crippen LogP contribution in [0.1, 0.15) is 40.8 Å². The quantitative estimate of drug-likeness (QED) is 0.427. The highest BCUT2D eigenvalue weighted by molar-refractivity contribution is 7.18. The van der Waals surface area contributed by atoms with Gasteiger partial charge in [-0.2, -0.15) is 0 Å². The minimum Gasteiger partial charge on any atom is -0.494 e. The fraction of sp³-hybridized carbons (Fsp3) is 0.238. The third-order valence-electron chi connectivity index (χ3n) is 3.84. The molecule has 29 heavy (non-hydrogen) atoms. The number of hydrogen-bond donors (Lipinski definition) is 1. The zero-order chi connectivity index (χ0) is 21.0. The Hall–Kier alpha value is -2.35. The summed E-state index contributed by atoms with van der Waals surface area (Å²) in [6, 6.07) is 10.8. The second-order valence-corrected chi connectivity index (χ2v) is 8.92. The Morgan fingerprint density at radius 3 is 2.45 bits per heavy atom. The van der Waals surface area contributed by atoms with Crippen LogP contribution in [0.2, 0.25) is 4.34 Å². The van der Waals surface area contributed by atoms with Crippen LogP contribution in [0.5, 0.6) is 5.75 Å². The summed E-state index contributed by atoms with van der Waals surface area (Å²) in [7, 11) is 0. The van der Waals surface area contributed by atoms with E-state index in [4.69, 9.17) is 21.1 Å². The zero-order valence-corrected chi connectivity index (χ0v) is 18.5. The van der Waals surface area contributed by atoms with Crippen LogP contribution in [-0.4, -0.2) is 24.6 Å². The van der Waals surface area contributed by atoms with Crippen LogP contribution < -0.4 is 10.1 Å². The number of esters is 1. The Morgan fingerprint density at radius 2 is 1.86 bits per heavy atom. The van der Waals surface area contributed by atoms with Crippen LogP contribution in [0.25, 0.3) is 11.1 Å². The van der Waals surface area contributed by atoms with Gasteiger partial charge in [0.2, 0.25) is 0 Å². The maximum Gasteiger partial charge on any atom is 0.342 e. The number of halogens is 1. The SMILES string of the molecule is CCOc1ccc(-c2csc(NC(=O)c3ccc(Cl)s3)c2C(=O)OC(C)C)cc1. The first-order valence-electron chi connectivity index (χ1n) is 9.01. The van der Waals surface area contributed by atoms with E-state index >= 15 is 0 Å². The number of nitrogens with one attached hydrogen (secondary N) is 1. The number of rotatable bonds is 7. The monoisotopic (exact) mass is 449 g/mol. The van der Waals surface area contributed by atoms with Crippen molar-refractivity contribution in [2.75, 3.05) is 11.9 Å². The molecule has 2 heterocycles. The summed E-state index contributed by atoms with van der Waals surface area (Å²) in [5, 5.41) is 5.10. The van der Waals surface area contributed by atoms with Crippen molar-refractivity contribution < 1.29 is 19.1 Å². The third-order valence-corrected chi connectivity index (χ3v) is 5.96. The van der Waals surface area contributed by atoms with E-state index < -0.39 is 5.97 Å². The van der Waals surface area contributed by atoms with E-state index in [2.05, 4.69) is 5.32 Å². The van der Waals surface area contributed by atoms with Gasteiger partial charge < -0.3 is 14.8 Å². The molecule has 0 spiro atoms. The molecule has 0 saturated carbocycles. The van der Waals surface area contributed by atoms with Crippen LogP contribution in [0.4, 0.5) is 5.00 Å². The molecule has 0 atom stereocenters. The second-order valence-electron chi connectivity index (χ2n) is 6.32. The Bertz CT molecular complexity index is 1010. The zero-order valence-electron chi connectivity index (χ0n) is 16.2. The molecule has 0 aliphatic carbocycles. The van der Waals surface area contributed by atoms with E-state index in [0.29, 0.717) is 31.9 Å². The van der Waals surface area contributed by atoms with Gasteiger partial charge in [-0.15, -0.1) is 22.7 Å². The van der Waals surface area contributed by atoms with Crippen molar-refractivity contribution in [2.45, 2.75) is 26.9 Å². The number of anilines is 1. The molecule has 2 aromatic heterocycles. The highest BCUT2D eigenvalue weighted by Crippen LogP contribution is 2.37. The summed E-state index contributed by atoms with van der Waals surface area (Å²) < 4.78 is 11.4. The molecule has 3 rings (SSSR count). The number of hydrogen-bond acceptors (Lipinski definition) is 6. The maximum atomic E-state index is 12.8. The summed E-state index contributed by atoms with van der Waals surface area (Å²) >= 11 is 8.38. The fourth-order valence-electron chi connectivity index (χ4n) is 2.64. The highest BCUT2D eigenvalue weighted by atomic mass is 35.5. The first-order valence-corrected chi connectivity index (χ1v) is 11.1. The van der Waals surface area contributed by atoms with Crippen LogP contribution in [-0.2, 0) is 4.74 Å². The lowest BCUT2D eigenvalue weighted by Gasteiger charge is -2.12. The minimum absolute atomic E-state index is 0.282. The molecule has 152 valence electrons. The topological polar surface area (TPSA) is 64.6 Å². The lowest BCUT2D eigenvalue weighted by Crippen LogP contribution is -2.16. The van der Waals surface area contributed by atoms with Crippen molar-refractivity contribution in [3.05, 3.63) is 56.6 Å². The van der Waals surface area contributed by atoms with Gasteiger partial charge in [0.1, 0.15) is 16.3 Å². The van der Waals surface area contributed by atoms with Gasteiger partial charge in [0.25, 0.3) is 5.91 Å². The largest absolute Gasteiger partial charge is 0.494 e. The molecule has 0 aliphatic rings. The van der Waals surface area contributed by atoms with Crippen molar-refractivity contribution in [3.8, 4) is 16.9 Å². The third kappa shape index (κ3) is 5.18. The molecule has 0 aliphatic heterocycles. The van der Waals surface area contributed by atoms with Gasteiger partial charge in [-0.3, -0.25) is 4.79 Å². The predicted molar refractivity (Wildman–Crippen MR) is 119 cm³/mol. The summed E-state index contributed by atoms with van der Waals surface area (Å²) in [5.74, 6) is -0.0499. The van der Waals surface area contributed by atoms with E-state index in [1.165, 1.54) is 22.7 Å². The minimum atomic E-state index is -0.482.